The van der Waals surface area contributed by atoms with E-state index in [4.69, 9.17) is 10.5 Å². The van der Waals surface area contributed by atoms with Crippen LogP contribution in [-0.4, -0.2) is 36.1 Å². The smallest absolute Gasteiger partial charge is 0.270 e. The minimum absolute atomic E-state index is 0. The molecule has 2 N–H and O–H groups in total. The van der Waals surface area contributed by atoms with Crippen molar-refractivity contribution in [3.63, 3.8) is 0 Å². The van der Waals surface area contributed by atoms with Crippen LogP contribution in [0.4, 0.5) is 5.69 Å². The number of rotatable bonds is 5. The number of non-ortho nitro benzene ring substituents is 1. The highest BCUT2D eigenvalue weighted by molar-refractivity contribution is 5.85. The Hall–Kier alpha value is -1.37. The molecule has 0 radical (unpaired) electrons. The third-order valence-corrected chi connectivity index (χ3v) is 4.24. The number of nitrogens with zero attached hydrogens (tertiary/aromatic N) is 2. The number of likely N-dealkylation sites (tertiary alicyclic amines) is 1. The van der Waals surface area contributed by atoms with Crippen LogP contribution in [0.2, 0.25) is 0 Å². The van der Waals surface area contributed by atoms with E-state index in [1.165, 1.54) is 6.07 Å². The van der Waals surface area contributed by atoms with Crippen LogP contribution in [0.3, 0.4) is 0 Å². The first-order valence-corrected chi connectivity index (χ1v) is 7.30. The molecule has 0 aliphatic carbocycles. The van der Waals surface area contributed by atoms with Gasteiger partial charge in [-0.1, -0.05) is 0 Å². The molecule has 1 aliphatic heterocycles. The van der Waals surface area contributed by atoms with Crippen molar-refractivity contribution in [3.05, 3.63) is 33.9 Å². The van der Waals surface area contributed by atoms with Gasteiger partial charge in [-0.05, 0) is 44.8 Å². The second kappa shape index (κ2) is 8.31. The molecule has 0 saturated carbocycles. The van der Waals surface area contributed by atoms with E-state index < -0.39 is 0 Å². The Balaban J connectivity index is 0.00000242. The van der Waals surface area contributed by atoms with E-state index in [9.17, 15) is 10.1 Å². The first-order valence-electron chi connectivity index (χ1n) is 7.30. The molecule has 0 spiro atoms. The van der Waals surface area contributed by atoms with Crippen molar-refractivity contribution >= 4 is 18.1 Å². The van der Waals surface area contributed by atoms with E-state index in [-0.39, 0.29) is 29.1 Å². The molecule has 1 saturated heterocycles. The fourth-order valence-electron chi connectivity index (χ4n) is 2.88. The predicted octanol–water partition coefficient (Wildman–Crippen LogP) is 2.58. The maximum absolute atomic E-state index is 10.9. The molecule has 7 heteroatoms. The van der Waals surface area contributed by atoms with Gasteiger partial charge in [0.1, 0.15) is 5.75 Å². The number of piperidine rings is 1. The summed E-state index contributed by atoms with van der Waals surface area (Å²) in [5.74, 6) is 1.28. The van der Waals surface area contributed by atoms with Crippen LogP contribution in [0, 0.1) is 16.0 Å². The number of ether oxygens (including phenoxy) is 1. The summed E-state index contributed by atoms with van der Waals surface area (Å²) in [7, 11) is 1.59. The molecule has 22 heavy (non-hydrogen) atoms. The van der Waals surface area contributed by atoms with Crippen molar-refractivity contribution in [3.8, 4) is 5.75 Å². The molecule has 0 bridgehead atoms. The molecule has 1 heterocycles. The summed E-state index contributed by atoms with van der Waals surface area (Å²) in [5.41, 5.74) is 6.92. The van der Waals surface area contributed by atoms with E-state index in [0.717, 1.165) is 31.5 Å². The predicted molar refractivity (Wildman–Crippen MR) is 88.5 cm³/mol. The third-order valence-electron chi connectivity index (χ3n) is 4.24. The quantitative estimate of drug-likeness (QED) is 0.663. The summed E-state index contributed by atoms with van der Waals surface area (Å²) in [6, 6.07) is 4.99. The molecule has 1 aromatic rings. The number of halogens is 1. The highest BCUT2D eigenvalue weighted by Crippen LogP contribution is 2.27. The van der Waals surface area contributed by atoms with E-state index in [2.05, 4.69) is 11.8 Å². The first kappa shape index (κ1) is 18.7. The molecular weight excluding hydrogens is 306 g/mol. The average molecular weight is 330 g/mol. The second-order valence-electron chi connectivity index (χ2n) is 5.73. The van der Waals surface area contributed by atoms with Crippen molar-refractivity contribution in [2.75, 3.05) is 20.2 Å². The lowest BCUT2D eigenvalue weighted by atomic mass is 9.91. The number of benzene rings is 1. The zero-order chi connectivity index (χ0) is 15.4. The summed E-state index contributed by atoms with van der Waals surface area (Å²) in [4.78, 5) is 12.8. The van der Waals surface area contributed by atoms with Gasteiger partial charge in [-0.15, -0.1) is 12.4 Å². The minimum Gasteiger partial charge on any atom is -0.496 e. The molecule has 0 amide bonds. The van der Waals surface area contributed by atoms with Crippen LogP contribution < -0.4 is 10.5 Å². The molecule has 6 nitrogen and oxygen atoms in total. The Kier molecular flexibility index (Phi) is 7.06. The Morgan fingerprint density at radius 3 is 2.59 bits per heavy atom. The normalized spacial score (nSPS) is 17.6. The van der Waals surface area contributed by atoms with Gasteiger partial charge in [0.05, 0.1) is 12.0 Å². The minimum atomic E-state index is -0.370. The van der Waals surface area contributed by atoms with Crippen molar-refractivity contribution in [1.29, 1.82) is 0 Å². The molecule has 2 rings (SSSR count). The highest BCUT2D eigenvalue weighted by Gasteiger charge is 2.23. The molecule has 0 aromatic heterocycles. The highest BCUT2D eigenvalue weighted by atomic mass is 35.5. The molecule has 1 atom stereocenters. The van der Waals surface area contributed by atoms with Gasteiger partial charge in [0.25, 0.3) is 5.69 Å². The number of nitrogens with two attached hydrogens (primary N) is 1. The molecular formula is C15H24ClN3O3. The number of nitro benzene ring substituents is 1. The van der Waals surface area contributed by atoms with Crippen LogP contribution in [0.5, 0.6) is 5.75 Å². The van der Waals surface area contributed by atoms with Crippen molar-refractivity contribution in [2.24, 2.45) is 11.7 Å². The third kappa shape index (κ3) is 4.56. The van der Waals surface area contributed by atoms with Gasteiger partial charge in [-0.2, -0.15) is 0 Å². The van der Waals surface area contributed by atoms with Crippen molar-refractivity contribution in [2.45, 2.75) is 32.4 Å². The molecule has 124 valence electrons. The summed E-state index contributed by atoms with van der Waals surface area (Å²) >= 11 is 0. The number of hydrogen-bond acceptors (Lipinski definition) is 5. The largest absolute Gasteiger partial charge is 0.496 e. The topological polar surface area (TPSA) is 81.6 Å². The maximum Gasteiger partial charge on any atom is 0.270 e. The van der Waals surface area contributed by atoms with Crippen molar-refractivity contribution < 1.29 is 9.66 Å². The van der Waals surface area contributed by atoms with Crippen molar-refractivity contribution in [1.82, 2.24) is 4.90 Å². The van der Waals surface area contributed by atoms with Gasteiger partial charge in [-0.25, -0.2) is 0 Å². The van der Waals surface area contributed by atoms with Gasteiger partial charge < -0.3 is 10.5 Å². The molecule has 1 fully saturated rings. The van der Waals surface area contributed by atoms with Gasteiger partial charge in [0.15, 0.2) is 0 Å². The summed E-state index contributed by atoms with van der Waals surface area (Å²) < 4.78 is 5.31. The number of nitro groups is 1. The van der Waals surface area contributed by atoms with Crippen LogP contribution in [0.15, 0.2) is 18.2 Å². The first-order chi connectivity index (χ1) is 10.0. The van der Waals surface area contributed by atoms with Crippen LogP contribution in [0.25, 0.3) is 0 Å². The molecule has 1 aliphatic rings. The van der Waals surface area contributed by atoms with Gasteiger partial charge in [0, 0.05) is 30.3 Å². The zero-order valence-corrected chi connectivity index (χ0v) is 13.8. The Labute approximate surface area is 137 Å². The zero-order valence-electron chi connectivity index (χ0n) is 13.0. The van der Waals surface area contributed by atoms with E-state index in [1.807, 2.05) is 0 Å². The van der Waals surface area contributed by atoms with Gasteiger partial charge in [0.2, 0.25) is 0 Å². The summed E-state index contributed by atoms with van der Waals surface area (Å²) in [6.07, 6.45) is 2.16. The Morgan fingerprint density at radius 1 is 1.45 bits per heavy atom. The number of hydrogen-bond donors (Lipinski definition) is 1. The fraction of sp³-hybridized carbons (Fsp3) is 0.600. The van der Waals surface area contributed by atoms with E-state index >= 15 is 0 Å². The summed E-state index contributed by atoms with van der Waals surface area (Å²) in [5, 5.41) is 10.9. The molecule has 1 aromatic carbocycles. The lowest BCUT2D eigenvalue weighted by Crippen LogP contribution is -2.39. The van der Waals surface area contributed by atoms with E-state index in [1.54, 1.807) is 19.2 Å². The lowest BCUT2D eigenvalue weighted by Gasteiger charge is -2.33. The molecule has 1 unspecified atom stereocenters. The standard InChI is InChI=1S/C15H23N3O3.ClH/c1-11(16)12-5-7-17(8-6-12)10-13-9-14(18(19)20)3-4-15(13)21-2;/h3-4,9,11-12H,5-8,10,16H2,1-2H3;1H. The maximum atomic E-state index is 10.9. The average Bonchev–Trinajstić information content (AvgIpc) is 2.47. The Morgan fingerprint density at radius 2 is 2.09 bits per heavy atom. The Bertz CT molecular complexity index is 503. The SMILES string of the molecule is COc1ccc([N+](=O)[O-])cc1CN1CCC(C(C)N)CC1.Cl. The number of methoxy groups -OCH3 is 1. The second-order valence-corrected chi connectivity index (χ2v) is 5.73. The van der Waals surface area contributed by atoms with Gasteiger partial charge >= 0.3 is 0 Å². The summed E-state index contributed by atoms with van der Waals surface area (Å²) in [6.45, 7) is 4.68. The van der Waals surface area contributed by atoms with Crippen LogP contribution >= 0.6 is 12.4 Å². The van der Waals surface area contributed by atoms with E-state index in [0.29, 0.717) is 18.2 Å². The van der Waals surface area contributed by atoms with Crippen LogP contribution in [-0.2, 0) is 6.54 Å². The fourth-order valence-corrected chi connectivity index (χ4v) is 2.88. The lowest BCUT2D eigenvalue weighted by molar-refractivity contribution is -0.385. The van der Waals surface area contributed by atoms with Gasteiger partial charge in [-0.3, -0.25) is 15.0 Å². The van der Waals surface area contributed by atoms with Crippen LogP contribution in [0.1, 0.15) is 25.3 Å². The monoisotopic (exact) mass is 329 g/mol.